The number of benzene rings is 8. The lowest BCUT2D eigenvalue weighted by Gasteiger charge is -2.30. The SMILES string of the molecule is c1ccc(-c2cc3c4ccccc4n(-c4ccc5c(c4)-c4ccccc4C54c5ccccc5-c5ccccc54)c3c3ccccc23)cc1. The van der Waals surface area contributed by atoms with Crippen LogP contribution in [0.1, 0.15) is 22.3 Å². The van der Waals surface area contributed by atoms with Crippen molar-refractivity contribution in [2.45, 2.75) is 5.41 Å². The Bertz CT molecular complexity index is 2740. The molecular formula is C47H29N. The smallest absolute Gasteiger partial charge is 0.0725 e. The molecule has 222 valence electrons. The van der Waals surface area contributed by atoms with Gasteiger partial charge in [0.1, 0.15) is 0 Å². The Morgan fingerprint density at radius 2 is 0.854 bits per heavy atom. The van der Waals surface area contributed by atoms with Gasteiger partial charge in [-0.3, -0.25) is 0 Å². The number of para-hydroxylation sites is 1. The molecule has 0 amide bonds. The molecule has 8 aromatic carbocycles. The highest BCUT2D eigenvalue weighted by atomic mass is 15.0. The summed E-state index contributed by atoms with van der Waals surface area (Å²) in [6.45, 7) is 0. The van der Waals surface area contributed by atoms with Gasteiger partial charge >= 0.3 is 0 Å². The third-order valence-corrected chi connectivity index (χ3v) is 11.0. The van der Waals surface area contributed by atoms with E-state index in [1.807, 2.05) is 0 Å². The van der Waals surface area contributed by atoms with E-state index in [-0.39, 0.29) is 5.41 Å². The molecule has 0 fully saturated rings. The number of hydrogen-bond acceptors (Lipinski definition) is 0. The van der Waals surface area contributed by atoms with E-state index in [2.05, 4.69) is 180 Å². The van der Waals surface area contributed by atoms with Crippen LogP contribution in [-0.2, 0) is 5.41 Å². The van der Waals surface area contributed by atoms with Crippen molar-refractivity contribution in [2.75, 3.05) is 0 Å². The molecule has 0 N–H and O–H groups in total. The van der Waals surface area contributed by atoms with Crippen LogP contribution in [0.25, 0.3) is 71.6 Å². The van der Waals surface area contributed by atoms with Crippen molar-refractivity contribution < 1.29 is 0 Å². The summed E-state index contributed by atoms with van der Waals surface area (Å²) in [6, 6.07) is 65.4. The Labute approximate surface area is 279 Å². The number of fused-ring (bicyclic) bond motifs is 15. The van der Waals surface area contributed by atoms with E-state index in [4.69, 9.17) is 0 Å². The van der Waals surface area contributed by atoms with Crippen molar-refractivity contribution in [3.05, 3.63) is 198 Å². The van der Waals surface area contributed by atoms with Gasteiger partial charge in [-0.05, 0) is 85.3 Å². The summed E-state index contributed by atoms with van der Waals surface area (Å²) >= 11 is 0. The van der Waals surface area contributed by atoms with E-state index in [9.17, 15) is 0 Å². The van der Waals surface area contributed by atoms with Crippen LogP contribution in [0, 0.1) is 0 Å². The van der Waals surface area contributed by atoms with E-state index < -0.39 is 0 Å². The molecule has 0 unspecified atom stereocenters. The maximum Gasteiger partial charge on any atom is 0.0725 e. The molecule has 0 saturated carbocycles. The number of nitrogens with zero attached hydrogens (tertiary/aromatic N) is 1. The van der Waals surface area contributed by atoms with Crippen molar-refractivity contribution in [1.29, 1.82) is 0 Å². The number of aromatic nitrogens is 1. The van der Waals surface area contributed by atoms with Crippen molar-refractivity contribution in [1.82, 2.24) is 4.57 Å². The molecule has 11 rings (SSSR count). The third-order valence-electron chi connectivity index (χ3n) is 11.0. The average Bonchev–Trinajstić information content (AvgIpc) is 3.77. The summed E-state index contributed by atoms with van der Waals surface area (Å²) in [5.74, 6) is 0. The Hall–Kier alpha value is -6.18. The minimum Gasteiger partial charge on any atom is -0.309 e. The first-order chi connectivity index (χ1) is 23.8. The first kappa shape index (κ1) is 25.9. The van der Waals surface area contributed by atoms with Gasteiger partial charge in [0.25, 0.3) is 0 Å². The molecule has 9 aromatic rings. The molecule has 0 aliphatic heterocycles. The van der Waals surface area contributed by atoms with Gasteiger partial charge in [0.05, 0.1) is 16.4 Å². The monoisotopic (exact) mass is 607 g/mol. The molecule has 2 aliphatic carbocycles. The number of hydrogen-bond donors (Lipinski definition) is 0. The fourth-order valence-electron chi connectivity index (χ4n) is 9.17. The first-order valence-electron chi connectivity index (χ1n) is 16.8. The molecule has 0 radical (unpaired) electrons. The number of rotatable bonds is 2. The molecule has 1 heteroatoms. The topological polar surface area (TPSA) is 4.93 Å². The second-order valence-electron chi connectivity index (χ2n) is 13.2. The van der Waals surface area contributed by atoms with Gasteiger partial charge < -0.3 is 4.57 Å². The zero-order valence-electron chi connectivity index (χ0n) is 26.2. The molecule has 0 atom stereocenters. The maximum absolute atomic E-state index is 2.51. The van der Waals surface area contributed by atoms with Gasteiger partial charge in [0.15, 0.2) is 0 Å². The molecule has 0 bridgehead atoms. The van der Waals surface area contributed by atoms with Crippen molar-refractivity contribution in [2.24, 2.45) is 0 Å². The minimum absolute atomic E-state index is 0.338. The first-order valence-corrected chi connectivity index (χ1v) is 16.8. The van der Waals surface area contributed by atoms with Crippen LogP contribution in [0.15, 0.2) is 176 Å². The lowest BCUT2D eigenvalue weighted by atomic mass is 9.70. The third kappa shape index (κ3) is 3.16. The van der Waals surface area contributed by atoms with Crippen LogP contribution < -0.4 is 0 Å². The molecule has 1 heterocycles. The minimum atomic E-state index is -0.338. The summed E-state index contributed by atoms with van der Waals surface area (Å²) < 4.78 is 2.51. The molecule has 0 saturated heterocycles. The molecule has 1 aromatic heterocycles. The lowest BCUT2D eigenvalue weighted by Crippen LogP contribution is -2.25. The van der Waals surface area contributed by atoms with Crippen LogP contribution in [0.4, 0.5) is 0 Å². The van der Waals surface area contributed by atoms with Crippen molar-refractivity contribution in [3.8, 4) is 39.1 Å². The van der Waals surface area contributed by atoms with Gasteiger partial charge in [0, 0.05) is 21.8 Å². The lowest BCUT2D eigenvalue weighted by molar-refractivity contribution is 0.793. The Morgan fingerprint density at radius 1 is 0.333 bits per heavy atom. The van der Waals surface area contributed by atoms with Gasteiger partial charge in [-0.1, -0.05) is 152 Å². The molecular weight excluding hydrogens is 579 g/mol. The average molecular weight is 608 g/mol. The summed E-state index contributed by atoms with van der Waals surface area (Å²) in [4.78, 5) is 0. The van der Waals surface area contributed by atoms with Crippen LogP contribution >= 0.6 is 0 Å². The van der Waals surface area contributed by atoms with Crippen molar-refractivity contribution in [3.63, 3.8) is 0 Å². The summed E-state index contributed by atoms with van der Waals surface area (Å²) in [5.41, 5.74) is 16.6. The van der Waals surface area contributed by atoms with Gasteiger partial charge in [-0.25, -0.2) is 0 Å². The normalized spacial score (nSPS) is 13.6. The van der Waals surface area contributed by atoms with Crippen LogP contribution in [0.5, 0.6) is 0 Å². The van der Waals surface area contributed by atoms with E-state index in [1.54, 1.807) is 0 Å². The van der Waals surface area contributed by atoms with E-state index in [0.29, 0.717) is 0 Å². The molecule has 1 nitrogen and oxygen atoms in total. The molecule has 2 aliphatic rings. The van der Waals surface area contributed by atoms with Gasteiger partial charge in [-0.2, -0.15) is 0 Å². The highest BCUT2D eigenvalue weighted by molar-refractivity contribution is 6.22. The van der Waals surface area contributed by atoms with Crippen LogP contribution in [-0.4, -0.2) is 4.57 Å². The maximum atomic E-state index is 2.51. The predicted molar refractivity (Wildman–Crippen MR) is 200 cm³/mol. The van der Waals surface area contributed by atoms with Gasteiger partial charge in [0.2, 0.25) is 0 Å². The fourth-order valence-corrected chi connectivity index (χ4v) is 9.17. The zero-order valence-corrected chi connectivity index (χ0v) is 26.2. The quantitative estimate of drug-likeness (QED) is 0.184. The molecule has 1 spiro atoms. The Kier molecular flexibility index (Phi) is 5.10. The Morgan fingerprint density at radius 3 is 1.54 bits per heavy atom. The summed E-state index contributed by atoms with van der Waals surface area (Å²) in [5, 5.41) is 5.08. The highest BCUT2D eigenvalue weighted by Crippen LogP contribution is 2.62. The van der Waals surface area contributed by atoms with Gasteiger partial charge in [-0.15, -0.1) is 0 Å². The van der Waals surface area contributed by atoms with E-state index >= 15 is 0 Å². The largest absolute Gasteiger partial charge is 0.309 e. The standard InChI is InChI=1S/C47H29N/c1-2-14-30(15-3-1)38-29-40-36-20-9-13-25-45(36)48(46(40)37-21-5-4-16-32(37)38)31-26-27-44-39(28-31)35-19-8-12-24-43(35)47(44)41-22-10-6-17-33(41)34-18-7-11-23-42(34)47/h1-29H. The predicted octanol–water partition coefficient (Wildman–Crippen LogP) is 11.9. The Balaban J connectivity index is 1.24. The highest BCUT2D eigenvalue weighted by Gasteiger charge is 2.51. The van der Waals surface area contributed by atoms with Crippen LogP contribution in [0.2, 0.25) is 0 Å². The van der Waals surface area contributed by atoms with Crippen LogP contribution in [0.3, 0.4) is 0 Å². The summed E-state index contributed by atoms with van der Waals surface area (Å²) in [7, 11) is 0. The fraction of sp³-hybridized carbons (Fsp3) is 0.0213. The second-order valence-corrected chi connectivity index (χ2v) is 13.2. The van der Waals surface area contributed by atoms with E-state index in [0.717, 1.165) is 0 Å². The summed E-state index contributed by atoms with van der Waals surface area (Å²) in [6.07, 6.45) is 0. The zero-order chi connectivity index (χ0) is 31.4. The molecule has 48 heavy (non-hydrogen) atoms. The van der Waals surface area contributed by atoms with Crippen molar-refractivity contribution >= 4 is 32.6 Å². The second kappa shape index (κ2) is 9.44. The van der Waals surface area contributed by atoms with E-state index in [1.165, 1.54) is 93.9 Å².